The van der Waals surface area contributed by atoms with Crippen LogP contribution in [0.15, 0.2) is 60.1 Å². The minimum Gasteiger partial charge on any atom is -0.489 e. The van der Waals surface area contributed by atoms with Gasteiger partial charge in [0, 0.05) is 0 Å². The van der Waals surface area contributed by atoms with Crippen molar-refractivity contribution in [2.75, 3.05) is 6.61 Å². The van der Waals surface area contributed by atoms with Crippen molar-refractivity contribution in [3.63, 3.8) is 0 Å². The van der Waals surface area contributed by atoms with E-state index in [-0.39, 0.29) is 0 Å². The third-order valence-electron chi connectivity index (χ3n) is 3.40. The molecule has 122 valence electrons. The Morgan fingerprint density at radius 1 is 1.08 bits per heavy atom. The minimum atomic E-state index is -0.391. The molecule has 3 rings (SSSR count). The molecule has 0 aliphatic heterocycles. The number of aromatic nitrogens is 1. The number of esters is 1. The lowest BCUT2D eigenvalue weighted by Gasteiger charge is -2.07. The van der Waals surface area contributed by atoms with Crippen LogP contribution in [0.2, 0.25) is 0 Å². The van der Waals surface area contributed by atoms with Crippen LogP contribution >= 0.6 is 11.3 Å². The third kappa shape index (κ3) is 3.81. The molecule has 0 atom stereocenters. The largest absolute Gasteiger partial charge is 0.489 e. The van der Waals surface area contributed by atoms with Crippen LogP contribution in [0.5, 0.6) is 5.75 Å². The highest BCUT2D eigenvalue weighted by atomic mass is 32.1. The number of carbonyl (C=O) groups is 1. The molecule has 0 saturated heterocycles. The van der Waals surface area contributed by atoms with Gasteiger partial charge in [-0.25, -0.2) is 9.78 Å². The van der Waals surface area contributed by atoms with Gasteiger partial charge in [0.2, 0.25) is 0 Å². The lowest BCUT2D eigenvalue weighted by atomic mass is 10.1. The van der Waals surface area contributed by atoms with Crippen molar-refractivity contribution in [3.8, 4) is 16.2 Å². The first-order valence-corrected chi connectivity index (χ1v) is 8.53. The maximum atomic E-state index is 11.9. The van der Waals surface area contributed by atoms with Gasteiger partial charge in [-0.1, -0.05) is 30.3 Å². The molecule has 0 aliphatic carbocycles. The fourth-order valence-corrected chi connectivity index (χ4v) is 3.02. The van der Waals surface area contributed by atoms with Crippen LogP contribution in [0.3, 0.4) is 0 Å². The van der Waals surface area contributed by atoms with Crippen LogP contribution in [-0.4, -0.2) is 17.6 Å². The Kier molecular flexibility index (Phi) is 5.23. The van der Waals surface area contributed by atoms with Crippen LogP contribution < -0.4 is 4.74 Å². The molecule has 1 aromatic heterocycles. The molecule has 0 unspecified atom stereocenters. The van der Waals surface area contributed by atoms with Gasteiger partial charge in [-0.2, -0.15) is 0 Å². The molecule has 0 radical (unpaired) electrons. The number of hydrogen-bond acceptors (Lipinski definition) is 5. The number of nitrogens with zero attached hydrogens (tertiary/aromatic N) is 1. The van der Waals surface area contributed by atoms with E-state index in [1.54, 1.807) is 12.4 Å². The van der Waals surface area contributed by atoms with Crippen LogP contribution in [0.25, 0.3) is 10.4 Å². The van der Waals surface area contributed by atoms with Crippen LogP contribution in [-0.2, 0) is 11.3 Å². The van der Waals surface area contributed by atoms with E-state index in [0.29, 0.717) is 18.9 Å². The molecule has 0 spiro atoms. The second-order valence-electron chi connectivity index (χ2n) is 5.05. The molecule has 3 aromatic rings. The Bertz CT molecular complexity index is 797. The molecule has 0 amide bonds. The summed E-state index contributed by atoms with van der Waals surface area (Å²) in [5, 5.41) is 0. The summed E-state index contributed by atoms with van der Waals surface area (Å²) in [4.78, 5) is 16.9. The van der Waals surface area contributed by atoms with Gasteiger partial charge in [0.05, 0.1) is 17.0 Å². The van der Waals surface area contributed by atoms with E-state index in [4.69, 9.17) is 9.47 Å². The van der Waals surface area contributed by atoms with Gasteiger partial charge in [0.1, 0.15) is 12.4 Å². The number of thiazole rings is 1. The quantitative estimate of drug-likeness (QED) is 0.618. The van der Waals surface area contributed by atoms with E-state index in [2.05, 4.69) is 4.98 Å². The lowest BCUT2D eigenvalue weighted by molar-refractivity contribution is 0.0521. The van der Waals surface area contributed by atoms with Crippen molar-refractivity contribution in [1.82, 2.24) is 4.98 Å². The summed E-state index contributed by atoms with van der Waals surface area (Å²) < 4.78 is 10.8. The van der Waals surface area contributed by atoms with Gasteiger partial charge in [0.25, 0.3) is 0 Å². The van der Waals surface area contributed by atoms with Crippen molar-refractivity contribution in [2.45, 2.75) is 13.5 Å². The third-order valence-corrected chi connectivity index (χ3v) is 4.28. The maximum absolute atomic E-state index is 11.9. The van der Waals surface area contributed by atoms with Crippen molar-refractivity contribution in [3.05, 3.63) is 71.4 Å². The molecule has 0 fully saturated rings. The molecule has 0 bridgehead atoms. The molecule has 0 N–H and O–H groups in total. The summed E-state index contributed by atoms with van der Waals surface area (Å²) in [5.74, 6) is 0.392. The second kappa shape index (κ2) is 7.75. The van der Waals surface area contributed by atoms with Gasteiger partial charge < -0.3 is 9.47 Å². The normalized spacial score (nSPS) is 10.4. The van der Waals surface area contributed by atoms with E-state index in [9.17, 15) is 4.79 Å². The molecule has 0 saturated carbocycles. The van der Waals surface area contributed by atoms with Crippen molar-refractivity contribution >= 4 is 17.3 Å². The number of hydrogen-bond donors (Lipinski definition) is 0. The van der Waals surface area contributed by atoms with Gasteiger partial charge in [-0.05, 0) is 42.3 Å². The monoisotopic (exact) mass is 339 g/mol. The highest BCUT2D eigenvalue weighted by Gasteiger charge is 2.17. The Balaban J connectivity index is 1.71. The zero-order chi connectivity index (χ0) is 16.8. The Morgan fingerprint density at radius 3 is 2.54 bits per heavy atom. The van der Waals surface area contributed by atoms with E-state index < -0.39 is 5.97 Å². The summed E-state index contributed by atoms with van der Waals surface area (Å²) in [5.41, 5.74) is 4.06. The zero-order valence-corrected chi connectivity index (χ0v) is 14.1. The topological polar surface area (TPSA) is 48.4 Å². The van der Waals surface area contributed by atoms with E-state index in [1.165, 1.54) is 11.3 Å². The standard InChI is InChI=1S/C19H17NO3S/c1-2-22-19(21)17-18(24-13-20-17)15-8-10-16(11-9-15)23-12-14-6-4-3-5-7-14/h3-11,13H,2,12H2,1H3. The smallest absolute Gasteiger partial charge is 0.358 e. The van der Waals surface area contributed by atoms with Crippen molar-refractivity contribution in [2.24, 2.45) is 0 Å². The van der Waals surface area contributed by atoms with E-state index >= 15 is 0 Å². The number of ether oxygens (including phenoxy) is 2. The first kappa shape index (κ1) is 16.2. The molecule has 0 aliphatic rings. The summed E-state index contributed by atoms with van der Waals surface area (Å²) >= 11 is 1.42. The summed E-state index contributed by atoms with van der Waals surface area (Å²) in [6, 6.07) is 17.7. The lowest BCUT2D eigenvalue weighted by Crippen LogP contribution is -2.06. The fraction of sp³-hybridized carbons (Fsp3) is 0.158. The highest BCUT2D eigenvalue weighted by molar-refractivity contribution is 7.13. The first-order valence-electron chi connectivity index (χ1n) is 7.65. The highest BCUT2D eigenvalue weighted by Crippen LogP contribution is 2.29. The SMILES string of the molecule is CCOC(=O)c1ncsc1-c1ccc(OCc2ccccc2)cc1. The molecule has 2 aromatic carbocycles. The average Bonchev–Trinajstić information content (AvgIpc) is 3.11. The van der Waals surface area contributed by atoms with Crippen LogP contribution in [0.4, 0.5) is 0 Å². The van der Waals surface area contributed by atoms with Crippen LogP contribution in [0, 0.1) is 0 Å². The van der Waals surface area contributed by atoms with Crippen LogP contribution in [0.1, 0.15) is 23.0 Å². The molecule has 1 heterocycles. The Morgan fingerprint density at radius 2 is 1.83 bits per heavy atom. The first-order chi connectivity index (χ1) is 11.8. The predicted octanol–water partition coefficient (Wildman–Crippen LogP) is 4.57. The number of rotatable bonds is 6. The van der Waals surface area contributed by atoms with Gasteiger partial charge >= 0.3 is 5.97 Å². The minimum absolute atomic E-state index is 0.335. The van der Waals surface area contributed by atoms with E-state index in [0.717, 1.165) is 21.8 Å². The average molecular weight is 339 g/mol. The maximum Gasteiger partial charge on any atom is 0.358 e. The van der Waals surface area contributed by atoms with Gasteiger partial charge in [0.15, 0.2) is 5.69 Å². The zero-order valence-electron chi connectivity index (χ0n) is 13.3. The molecular formula is C19H17NO3S. The summed E-state index contributed by atoms with van der Waals surface area (Å²) in [6.07, 6.45) is 0. The molecule has 24 heavy (non-hydrogen) atoms. The predicted molar refractivity (Wildman–Crippen MR) is 94.3 cm³/mol. The van der Waals surface area contributed by atoms with Gasteiger partial charge in [-0.3, -0.25) is 0 Å². The number of benzene rings is 2. The number of carbonyl (C=O) groups excluding carboxylic acids is 1. The Hall–Kier alpha value is -2.66. The van der Waals surface area contributed by atoms with Crippen molar-refractivity contribution < 1.29 is 14.3 Å². The fourth-order valence-electron chi connectivity index (χ4n) is 2.24. The van der Waals surface area contributed by atoms with E-state index in [1.807, 2.05) is 54.6 Å². The summed E-state index contributed by atoms with van der Waals surface area (Å²) in [6.45, 7) is 2.64. The summed E-state index contributed by atoms with van der Waals surface area (Å²) in [7, 11) is 0. The molecule has 5 heteroatoms. The van der Waals surface area contributed by atoms with Crippen molar-refractivity contribution in [1.29, 1.82) is 0 Å². The Labute approximate surface area is 144 Å². The van der Waals surface area contributed by atoms with Gasteiger partial charge in [-0.15, -0.1) is 11.3 Å². The molecular weight excluding hydrogens is 322 g/mol. The second-order valence-corrected chi connectivity index (χ2v) is 5.90. The molecule has 4 nitrogen and oxygen atoms in total.